The average molecular weight is 182 g/mol. The lowest BCUT2D eigenvalue weighted by Gasteiger charge is -1.99. The van der Waals surface area contributed by atoms with Crippen molar-refractivity contribution >= 4 is 0 Å². The van der Waals surface area contributed by atoms with Crippen LogP contribution in [0.5, 0.6) is 0 Å². The summed E-state index contributed by atoms with van der Waals surface area (Å²) in [4.78, 5) is 11.4. The molecule has 0 aliphatic heterocycles. The molecule has 0 radical (unpaired) electrons. The standard InChI is InChI=1S/C10H18N2O/c1-3-5-7-12-10(13)8-9(11-12)6-4-2/h8,11H,3-7H2,1-2H3. The van der Waals surface area contributed by atoms with E-state index in [9.17, 15) is 4.79 Å². The smallest absolute Gasteiger partial charge is 0.266 e. The molecule has 0 saturated carbocycles. The zero-order valence-corrected chi connectivity index (χ0v) is 8.47. The Bertz CT molecular complexity index is 298. The fraction of sp³-hybridized carbons (Fsp3) is 0.700. The van der Waals surface area contributed by atoms with E-state index in [-0.39, 0.29) is 5.56 Å². The summed E-state index contributed by atoms with van der Waals surface area (Å²) in [6.45, 7) is 5.06. The first-order chi connectivity index (χ1) is 6.27. The van der Waals surface area contributed by atoms with Crippen LogP contribution in [-0.4, -0.2) is 9.78 Å². The molecule has 0 amide bonds. The summed E-state index contributed by atoms with van der Waals surface area (Å²) in [5, 5.41) is 3.12. The maximum atomic E-state index is 11.4. The van der Waals surface area contributed by atoms with Gasteiger partial charge in [0, 0.05) is 18.3 Å². The molecule has 0 spiro atoms. The molecule has 1 heterocycles. The third-order valence-corrected chi connectivity index (χ3v) is 2.10. The number of aromatic amines is 1. The number of unbranched alkanes of at least 4 members (excludes halogenated alkanes) is 1. The summed E-state index contributed by atoms with van der Waals surface area (Å²) >= 11 is 0. The molecular weight excluding hydrogens is 164 g/mol. The second-order valence-electron chi connectivity index (χ2n) is 3.37. The number of aryl methyl sites for hydroxylation is 2. The van der Waals surface area contributed by atoms with Gasteiger partial charge in [0.1, 0.15) is 0 Å². The van der Waals surface area contributed by atoms with E-state index in [1.165, 1.54) is 0 Å². The van der Waals surface area contributed by atoms with Gasteiger partial charge in [0.25, 0.3) is 5.56 Å². The number of hydrogen-bond acceptors (Lipinski definition) is 1. The lowest BCUT2D eigenvalue weighted by atomic mass is 10.3. The highest BCUT2D eigenvalue weighted by Crippen LogP contribution is 1.96. The highest BCUT2D eigenvalue weighted by atomic mass is 16.1. The first kappa shape index (κ1) is 10.1. The van der Waals surface area contributed by atoms with Gasteiger partial charge in [0.05, 0.1) is 0 Å². The molecule has 0 unspecified atom stereocenters. The highest BCUT2D eigenvalue weighted by Gasteiger charge is 2.00. The van der Waals surface area contributed by atoms with Crippen molar-refractivity contribution in [2.75, 3.05) is 0 Å². The Kier molecular flexibility index (Phi) is 3.80. The van der Waals surface area contributed by atoms with E-state index in [0.717, 1.165) is 37.9 Å². The van der Waals surface area contributed by atoms with Crippen LogP contribution in [0.2, 0.25) is 0 Å². The van der Waals surface area contributed by atoms with Crippen molar-refractivity contribution in [3.05, 3.63) is 22.1 Å². The molecule has 3 heteroatoms. The predicted octanol–water partition coefficient (Wildman–Crippen LogP) is 1.93. The van der Waals surface area contributed by atoms with E-state index < -0.39 is 0 Å². The monoisotopic (exact) mass is 182 g/mol. The van der Waals surface area contributed by atoms with Crippen molar-refractivity contribution in [2.45, 2.75) is 46.1 Å². The summed E-state index contributed by atoms with van der Waals surface area (Å²) in [7, 11) is 0. The van der Waals surface area contributed by atoms with Gasteiger partial charge in [-0.25, -0.2) is 0 Å². The molecule has 1 aromatic heterocycles. The predicted molar refractivity (Wildman–Crippen MR) is 54.0 cm³/mol. The zero-order chi connectivity index (χ0) is 9.68. The third-order valence-electron chi connectivity index (χ3n) is 2.10. The largest absolute Gasteiger partial charge is 0.300 e. The van der Waals surface area contributed by atoms with Gasteiger partial charge in [-0.2, -0.15) is 0 Å². The van der Waals surface area contributed by atoms with Crippen LogP contribution in [0.4, 0.5) is 0 Å². The molecule has 0 saturated heterocycles. The molecule has 1 rings (SSSR count). The molecule has 0 aromatic carbocycles. The second kappa shape index (κ2) is 4.90. The minimum atomic E-state index is 0.108. The van der Waals surface area contributed by atoms with Crippen LogP contribution in [0.1, 0.15) is 38.8 Å². The summed E-state index contributed by atoms with van der Waals surface area (Å²) in [6.07, 6.45) is 4.22. The van der Waals surface area contributed by atoms with E-state index >= 15 is 0 Å². The van der Waals surface area contributed by atoms with E-state index in [1.807, 2.05) is 0 Å². The molecular formula is C10H18N2O. The van der Waals surface area contributed by atoms with Crippen molar-refractivity contribution < 1.29 is 0 Å². The fourth-order valence-electron chi connectivity index (χ4n) is 1.37. The van der Waals surface area contributed by atoms with Crippen LogP contribution >= 0.6 is 0 Å². The maximum absolute atomic E-state index is 11.4. The molecule has 1 N–H and O–H groups in total. The van der Waals surface area contributed by atoms with Crippen LogP contribution in [-0.2, 0) is 13.0 Å². The van der Waals surface area contributed by atoms with Gasteiger partial charge >= 0.3 is 0 Å². The van der Waals surface area contributed by atoms with Crippen molar-refractivity contribution in [2.24, 2.45) is 0 Å². The minimum absolute atomic E-state index is 0.108. The number of nitrogens with zero attached hydrogens (tertiary/aromatic N) is 1. The fourth-order valence-corrected chi connectivity index (χ4v) is 1.37. The van der Waals surface area contributed by atoms with Crippen LogP contribution in [0.15, 0.2) is 10.9 Å². The van der Waals surface area contributed by atoms with E-state index in [1.54, 1.807) is 10.7 Å². The highest BCUT2D eigenvalue weighted by molar-refractivity contribution is 4.99. The van der Waals surface area contributed by atoms with Gasteiger partial charge < -0.3 is 0 Å². The normalized spacial score (nSPS) is 10.6. The summed E-state index contributed by atoms with van der Waals surface area (Å²) in [6, 6.07) is 1.71. The van der Waals surface area contributed by atoms with Crippen molar-refractivity contribution in [3.8, 4) is 0 Å². The minimum Gasteiger partial charge on any atom is -0.300 e. The average Bonchev–Trinajstić information content (AvgIpc) is 2.44. The van der Waals surface area contributed by atoms with Crippen molar-refractivity contribution in [1.29, 1.82) is 0 Å². The summed E-state index contributed by atoms with van der Waals surface area (Å²) in [5.74, 6) is 0. The van der Waals surface area contributed by atoms with E-state index in [0.29, 0.717) is 0 Å². The van der Waals surface area contributed by atoms with Crippen molar-refractivity contribution in [1.82, 2.24) is 9.78 Å². The van der Waals surface area contributed by atoms with Gasteiger partial charge in [0.2, 0.25) is 0 Å². The van der Waals surface area contributed by atoms with Crippen LogP contribution < -0.4 is 5.56 Å². The summed E-state index contributed by atoms with van der Waals surface area (Å²) in [5.41, 5.74) is 1.17. The first-order valence-electron chi connectivity index (χ1n) is 5.06. The van der Waals surface area contributed by atoms with Gasteiger partial charge in [-0.05, 0) is 12.8 Å². The number of H-pyrrole nitrogens is 1. The quantitative estimate of drug-likeness (QED) is 0.742. The maximum Gasteiger partial charge on any atom is 0.266 e. The Morgan fingerprint density at radius 2 is 2.15 bits per heavy atom. The Morgan fingerprint density at radius 1 is 1.38 bits per heavy atom. The molecule has 0 atom stereocenters. The van der Waals surface area contributed by atoms with Gasteiger partial charge in [-0.15, -0.1) is 0 Å². The lowest BCUT2D eigenvalue weighted by Crippen LogP contribution is -2.15. The Hall–Kier alpha value is -0.990. The third kappa shape index (κ3) is 2.76. The van der Waals surface area contributed by atoms with Gasteiger partial charge in [0.15, 0.2) is 0 Å². The van der Waals surface area contributed by atoms with Crippen LogP contribution in [0.3, 0.4) is 0 Å². The van der Waals surface area contributed by atoms with Gasteiger partial charge in [-0.1, -0.05) is 26.7 Å². The van der Waals surface area contributed by atoms with E-state index in [4.69, 9.17) is 0 Å². The number of rotatable bonds is 5. The number of hydrogen-bond donors (Lipinski definition) is 1. The summed E-state index contributed by atoms with van der Waals surface area (Å²) < 4.78 is 1.70. The molecule has 0 aliphatic rings. The zero-order valence-electron chi connectivity index (χ0n) is 8.47. The molecule has 0 fully saturated rings. The Labute approximate surface area is 78.8 Å². The van der Waals surface area contributed by atoms with E-state index in [2.05, 4.69) is 18.9 Å². The molecule has 0 aliphatic carbocycles. The SMILES string of the molecule is CCCCn1[nH]c(CCC)cc1=O. The van der Waals surface area contributed by atoms with Gasteiger partial charge in [-0.3, -0.25) is 14.6 Å². The Morgan fingerprint density at radius 3 is 2.77 bits per heavy atom. The number of aromatic nitrogens is 2. The molecule has 0 bridgehead atoms. The van der Waals surface area contributed by atoms with Crippen LogP contribution in [0.25, 0.3) is 0 Å². The lowest BCUT2D eigenvalue weighted by molar-refractivity contribution is 0.551. The molecule has 1 aromatic rings. The Balaban J connectivity index is 2.66. The number of nitrogens with one attached hydrogen (secondary N) is 1. The second-order valence-corrected chi connectivity index (χ2v) is 3.37. The molecule has 74 valence electrons. The molecule has 3 nitrogen and oxygen atoms in total. The van der Waals surface area contributed by atoms with Crippen molar-refractivity contribution in [3.63, 3.8) is 0 Å². The molecule has 13 heavy (non-hydrogen) atoms. The first-order valence-corrected chi connectivity index (χ1v) is 5.06. The van der Waals surface area contributed by atoms with Crippen LogP contribution in [0, 0.1) is 0 Å². The topological polar surface area (TPSA) is 37.8 Å².